The third kappa shape index (κ3) is 4.03. The first-order chi connectivity index (χ1) is 7.61. The lowest BCUT2D eigenvalue weighted by molar-refractivity contribution is -0.136. The van der Waals surface area contributed by atoms with Gasteiger partial charge in [-0.3, -0.25) is 4.79 Å². The van der Waals surface area contributed by atoms with E-state index >= 15 is 0 Å². The van der Waals surface area contributed by atoms with E-state index in [-0.39, 0.29) is 12.5 Å². The highest BCUT2D eigenvalue weighted by Crippen LogP contribution is 2.01. The summed E-state index contributed by atoms with van der Waals surface area (Å²) >= 11 is 0. The number of hydrogen-bond donors (Lipinski definition) is 3. The lowest BCUT2D eigenvalue weighted by Crippen LogP contribution is -2.49. The Morgan fingerprint density at radius 2 is 2.06 bits per heavy atom. The Balaban J connectivity index is 2.26. The van der Waals surface area contributed by atoms with Gasteiger partial charge < -0.3 is 25.8 Å². The minimum atomic E-state index is -1.11. The molecule has 4 N–H and O–H groups in total. The van der Waals surface area contributed by atoms with Crippen molar-refractivity contribution in [1.82, 2.24) is 10.2 Å². The van der Waals surface area contributed by atoms with Gasteiger partial charge in [0.15, 0.2) is 0 Å². The lowest BCUT2D eigenvalue weighted by Gasteiger charge is -2.29. The first-order valence-electron chi connectivity index (χ1n) is 5.20. The van der Waals surface area contributed by atoms with E-state index in [1.807, 2.05) is 0 Å². The van der Waals surface area contributed by atoms with E-state index in [1.54, 1.807) is 4.90 Å². The maximum absolute atomic E-state index is 11.7. The van der Waals surface area contributed by atoms with Crippen LogP contribution in [0.4, 0.5) is 4.79 Å². The van der Waals surface area contributed by atoms with Crippen LogP contribution < -0.4 is 11.1 Å². The van der Waals surface area contributed by atoms with Crippen molar-refractivity contribution in [2.24, 2.45) is 5.73 Å². The van der Waals surface area contributed by atoms with Crippen LogP contribution in [0.5, 0.6) is 0 Å². The monoisotopic (exact) mass is 231 g/mol. The van der Waals surface area contributed by atoms with E-state index < -0.39 is 12.1 Å². The molecular formula is C9H17N3O4. The molecule has 2 amide bonds. The molecule has 0 aromatic rings. The fourth-order valence-electron chi connectivity index (χ4n) is 1.48. The number of nitrogens with zero attached hydrogens (tertiary/aromatic N) is 1. The number of morpholine rings is 1. The maximum Gasteiger partial charge on any atom is 0.404 e. The Labute approximate surface area is 93.5 Å². The van der Waals surface area contributed by atoms with Gasteiger partial charge in [0.1, 0.15) is 0 Å². The quantitative estimate of drug-likeness (QED) is 0.565. The van der Waals surface area contributed by atoms with Gasteiger partial charge in [0.05, 0.1) is 19.3 Å². The fourth-order valence-corrected chi connectivity index (χ4v) is 1.48. The van der Waals surface area contributed by atoms with Crippen molar-refractivity contribution in [1.29, 1.82) is 0 Å². The minimum Gasteiger partial charge on any atom is -0.465 e. The van der Waals surface area contributed by atoms with Gasteiger partial charge in [-0.05, 0) is 6.42 Å². The second-order valence-corrected chi connectivity index (χ2v) is 3.56. The van der Waals surface area contributed by atoms with E-state index in [4.69, 9.17) is 15.6 Å². The number of ether oxygens (including phenoxy) is 1. The second-order valence-electron chi connectivity index (χ2n) is 3.56. The molecule has 0 aromatic carbocycles. The first-order valence-corrected chi connectivity index (χ1v) is 5.20. The number of rotatable bonds is 4. The van der Waals surface area contributed by atoms with Crippen molar-refractivity contribution in [3.05, 3.63) is 0 Å². The molecule has 0 spiro atoms. The average molecular weight is 231 g/mol. The molecule has 1 atom stereocenters. The third-order valence-corrected chi connectivity index (χ3v) is 2.37. The van der Waals surface area contributed by atoms with Crippen LogP contribution in [0.3, 0.4) is 0 Å². The summed E-state index contributed by atoms with van der Waals surface area (Å²) in [6.07, 6.45) is -0.798. The average Bonchev–Trinajstić information content (AvgIpc) is 2.28. The van der Waals surface area contributed by atoms with Gasteiger partial charge in [0.25, 0.3) is 0 Å². The Morgan fingerprint density at radius 1 is 1.44 bits per heavy atom. The van der Waals surface area contributed by atoms with Crippen LogP contribution in [0.15, 0.2) is 0 Å². The molecule has 92 valence electrons. The molecule has 1 saturated heterocycles. The van der Waals surface area contributed by atoms with Crippen LogP contribution in [-0.4, -0.2) is 60.9 Å². The summed E-state index contributed by atoms with van der Waals surface area (Å²) in [5, 5.41) is 10.5. The minimum absolute atomic E-state index is 0.143. The van der Waals surface area contributed by atoms with Crippen LogP contribution in [0.2, 0.25) is 0 Å². The number of carboxylic acid groups (broad SMARTS) is 1. The number of carbonyl (C=O) groups excluding carboxylic acids is 1. The predicted octanol–water partition coefficient (Wildman–Crippen LogP) is -1.17. The van der Waals surface area contributed by atoms with Crippen LogP contribution >= 0.6 is 0 Å². The number of nitrogens with one attached hydrogen (secondary N) is 1. The SMILES string of the molecule is NC(CCNC(=O)O)C(=O)N1CCOCC1. The first kappa shape index (κ1) is 12.7. The van der Waals surface area contributed by atoms with Gasteiger partial charge in [0.2, 0.25) is 5.91 Å². The van der Waals surface area contributed by atoms with Crippen molar-refractivity contribution >= 4 is 12.0 Å². The highest BCUT2D eigenvalue weighted by Gasteiger charge is 2.22. The largest absolute Gasteiger partial charge is 0.465 e. The molecule has 0 aliphatic carbocycles. The summed E-state index contributed by atoms with van der Waals surface area (Å²) < 4.78 is 5.12. The van der Waals surface area contributed by atoms with Gasteiger partial charge >= 0.3 is 6.09 Å². The van der Waals surface area contributed by atoms with Crippen molar-refractivity contribution in [2.45, 2.75) is 12.5 Å². The van der Waals surface area contributed by atoms with Gasteiger partial charge in [-0.25, -0.2) is 4.79 Å². The van der Waals surface area contributed by atoms with E-state index in [0.29, 0.717) is 32.7 Å². The Bertz CT molecular complexity index is 253. The number of carbonyl (C=O) groups is 2. The van der Waals surface area contributed by atoms with Crippen molar-refractivity contribution in [3.63, 3.8) is 0 Å². The molecule has 1 aliphatic heterocycles. The topological polar surface area (TPSA) is 105 Å². The molecule has 1 fully saturated rings. The number of amides is 2. The molecule has 1 aliphatic rings. The molecule has 7 heteroatoms. The molecule has 0 bridgehead atoms. The van der Waals surface area contributed by atoms with E-state index in [1.165, 1.54) is 0 Å². The third-order valence-electron chi connectivity index (χ3n) is 2.37. The molecule has 1 heterocycles. The Kier molecular flexibility index (Phi) is 5.00. The van der Waals surface area contributed by atoms with Gasteiger partial charge in [-0.15, -0.1) is 0 Å². The van der Waals surface area contributed by atoms with E-state index in [9.17, 15) is 9.59 Å². The second kappa shape index (κ2) is 6.29. The summed E-state index contributed by atoms with van der Waals surface area (Å²) in [6.45, 7) is 2.36. The molecule has 0 radical (unpaired) electrons. The van der Waals surface area contributed by atoms with E-state index in [0.717, 1.165) is 0 Å². The van der Waals surface area contributed by atoms with Crippen LogP contribution in [0, 0.1) is 0 Å². The standard InChI is InChI=1S/C9H17N3O4/c10-7(1-2-11-9(14)15)8(13)12-3-5-16-6-4-12/h7,11H,1-6,10H2,(H,14,15). The number of hydrogen-bond acceptors (Lipinski definition) is 4. The molecule has 16 heavy (non-hydrogen) atoms. The Hall–Kier alpha value is -1.34. The summed E-state index contributed by atoms with van der Waals surface area (Å²) in [5.74, 6) is -0.143. The van der Waals surface area contributed by atoms with Gasteiger partial charge in [0, 0.05) is 19.6 Å². The molecule has 7 nitrogen and oxygen atoms in total. The van der Waals surface area contributed by atoms with Crippen molar-refractivity contribution in [2.75, 3.05) is 32.8 Å². The smallest absolute Gasteiger partial charge is 0.404 e. The molecule has 1 unspecified atom stereocenters. The summed E-state index contributed by atoms with van der Waals surface area (Å²) in [6, 6.07) is -0.648. The van der Waals surface area contributed by atoms with Crippen molar-refractivity contribution in [3.8, 4) is 0 Å². The fraction of sp³-hybridized carbons (Fsp3) is 0.778. The Morgan fingerprint density at radius 3 is 2.62 bits per heavy atom. The highest BCUT2D eigenvalue weighted by atomic mass is 16.5. The summed E-state index contributed by atoms with van der Waals surface area (Å²) in [5.41, 5.74) is 5.67. The molecule has 0 saturated carbocycles. The molecule has 1 rings (SSSR count). The zero-order valence-electron chi connectivity index (χ0n) is 9.02. The van der Waals surface area contributed by atoms with E-state index in [2.05, 4.69) is 5.32 Å². The highest BCUT2D eigenvalue weighted by molar-refractivity contribution is 5.81. The van der Waals surface area contributed by atoms with Crippen molar-refractivity contribution < 1.29 is 19.4 Å². The lowest BCUT2D eigenvalue weighted by atomic mass is 10.2. The summed E-state index contributed by atoms with van der Waals surface area (Å²) in [4.78, 5) is 23.6. The summed E-state index contributed by atoms with van der Waals surface area (Å²) in [7, 11) is 0. The molecule has 0 aromatic heterocycles. The van der Waals surface area contributed by atoms with Crippen LogP contribution in [0.1, 0.15) is 6.42 Å². The maximum atomic E-state index is 11.7. The normalized spacial score (nSPS) is 17.9. The predicted molar refractivity (Wildman–Crippen MR) is 56.0 cm³/mol. The van der Waals surface area contributed by atoms with Gasteiger partial charge in [-0.2, -0.15) is 0 Å². The molecular weight excluding hydrogens is 214 g/mol. The number of nitrogens with two attached hydrogens (primary N) is 1. The zero-order chi connectivity index (χ0) is 12.0. The van der Waals surface area contributed by atoms with Gasteiger partial charge in [-0.1, -0.05) is 0 Å². The zero-order valence-corrected chi connectivity index (χ0v) is 9.02. The van der Waals surface area contributed by atoms with Crippen LogP contribution in [0.25, 0.3) is 0 Å². The van der Waals surface area contributed by atoms with Crippen LogP contribution in [-0.2, 0) is 9.53 Å².